The number of H-pyrrole nitrogens is 1. The smallest absolute Gasteiger partial charge is 0.152 e. The Labute approximate surface area is 118 Å². The van der Waals surface area contributed by atoms with Gasteiger partial charge in [0.2, 0.25) is 0 Å². The molecule has 3 heterocycles. The molecule has 0 saturated carbocycles. The molecule has 0 radical (unpaired) electrons. The number of fused-ring (bicyclic) bond motifs is 1. The molecule has 1 N–H and O–H groups in total. The molecule has 7 heteroatoms. The highest BCUT2D eigenvalue weighted by molar-refractivity contribution is 7.91. The maximum atomic E-state index is 11.6. The van der Waals surface area contributed by atoms with E-state index in [0.717, 1.165) is 22.5 Å². The Hall–Kier alpha value is -1.63. The first-order valence-electron chi connectivity index (χ1n) is 6.63. The van der Waals surface area contributed by atoms with Gasteiger partial charge in [0.25, 0.3) is 0 Å². The lowest BCUT2D eigenvalue weighted by atomic mass is 10.2. The van der Waals surface area contributed by atoms with Crippen LogP contribution >= 0.6 is 0 Å². The molecule has 1 atom stereocenters. The summed E-state index contributed by atoms with van der Waals surface area (Å²) in [4.78, 5) is 14.1. The number of anilines is 1. The van der Waals surface area contributed by atoms with Crippen molar-refractivity contribution in [1.29, 1.82) is 0 Å². The molecule has 0 aromatic carbocycles. The SMILES string of the molecule is Cc1nc(N(C)C2CCS(=O)(=O)C2)c2cc(C)[nH]c2n1. The van der Waals surface area contributed by atoms with Crippen molar-refractivity contribution < 1.29 is 8.42 Å². The van der Waals surface area contributed by atoms with E-state index < -0.39 is 9.84 Å². The summed E-state index contributed by atoms with van der Waals surface area (Å²) in [5.41, 5.74) is 1.83. The first-order valence-corrected chi connectivity index (χ1v) is 8.45. The Morgan fingerprint density at radius 3 is 2.75 bits per heavy atom. The van der Waals surface area contributed by atoms with Crippen LogP contribution in [0.5, 0.6) is 0 Å². The van der Waals surface area contributed by atoms with Crippen LogP contribution in [0.1, 0.15) is 17.9 Å². The predicted molar refractivity (Wildman–Crippen MR) is 78.8 cm³/mol. The van der Waals surface area contributed by atoms with Crippen LogP contribution in [0.25, 0.3) is 11.0 Å². The summed E-state index contributed by atoms with van der Waals surface area (Å²) in [5, 5.41) is 0.944. The summed E-state index contributed by atoms with van der Waals surface area (Å²) >= 11 is 0. The van der Waals surface area contributed by atoms with Gasteiger partial charge in [0, 0.05) is 18.8 Å². The minimum absolute atomic E-state index is 0.00675. The van der Waals surface area contributed by atoms with Crippen molar-refractivity contribution in [3.05, 3.63) is 17.6 Å². The Kier molecular flexibility index (Phi) is 2.97. The number of aromatic nitrogens is 3. The summed E-state index contributed by atoms with van der Waals surface area (Å²) in [6.07, 6.45) is 0.660. The molecule has 1 fully saturated rings. The third-order valence-corrected chi connectivity index (χ3v) is 5.55. The van der Waals surface area contributed by atoms with Gasteiger partial charge in [0.15, 0.2) is 9.84 Å². The quantitative estimate of drug-likeness (QED) is 0.900. The van der Waals surface area contributed by atoms with E-state index in [4.69, 9.17) is 0 Å². The number of nitrogens with zero attached hydrogens (tertiary/aromatic N) is 3. The van der Waals surface area contributed by atoms with E-state index in [1.54, 1.807) is 0 Å². The fraction of sp³-hybridized carbons (Fsp3) is 0.538. The largest absolute Gasteiger partial charge is 0.355 e. The third kappa shape index (κ3) is 2.26. The summed E-state index contributed by atoms with van der Waals surface area (Å²) < 4.78 is 23.3. The lowest BCUT2D eigenvalue weighted by molar-refractivity contribution is 0.600. The minimum atomic E-state index is -2.90. The molecule has 2 aromatic heterocycles. The third-order valence-electron chi connectivity index (χ3n) is 3.80. The van der Waals surface area contributed by atoms with Crippen LogP contribution in [0, 0.1) is 13.8 Å². The van der Waals surface area contributed by atoms with Crippen molar-refractivity contribution >= 4 is 26.7 Å². The second-order valence-electron chi connectivity index (χ2n) is 5.48. The predicted octanol–water partition coefficient (Wildman–Crippen LogP) is 1.20. The molecule has 1 unspecified atom stereocenters. The molecule has 3 rings (SSSR count). The van der Waals surface area contributed by atoms with Gasteiger partial charge in [-0.2, -0.15) is 0 Å². The standard InChI is InChI=1S/C13H18N4O2S/c1-8-6-11-12(14-8)15-9(2)16-13(11)17(3)10-4-5-20(18,19)7-10/h6,10H,4-5,7H2,1-3H3,(H,14,15,16). The van der Waals surface area contributed by atoms with Gasteiger partial charge >= 0.3 is 0 Å². The van der Waals surface area contributed by atoms with E-state index >= 15 is 0 Å². The molecule has 108 valence electrons. The number of aryl methyl sites for hydroxylation is 2. The number of hydrogen-bond donors (Lipinski definition) is 1. The fourth-order valence-corrected chi connectivity index (χ4v) is 4.53. The zero-order valence-electron chi connectivity index (χ0n) is 11.8. The second kappa shape index (κ2) is 4.44. The molecule has 2 aromatic rings. The molecule has 0 amide bonds. The van der Waals surface area contributed by atoms with Gasteiger partial charge < -0.3 is 9.88 Å². The van der Waals surface area contributed by atoms with Crippen LogP contribution in [0.15, 0.2) is 6.07 Å². The number of nitrogens with one attached hydrogen (secondary N) is 1. The van der Waals surface area contributed by atoms with Gasteiger partial charge in [-0.1, -0.05) is 0 Å². The second-order valence-corrected chi connectivity index (χ2v) is 7.71. The van der Waals surface area contributed by atoms with Crippen molar-refractivity contribution in [3.63, 3.8) is 0 Å². The van der Waals surface area contributed by atoms with Crippen molar-refractivity contribution in [2.45, 2.75) is 26.3 Å². The zero-order chi connectivity index (χ0) is 14.5. The molecular weight excluding hydrogens is 276 g/mol. The highest BCUT2D eigenvalue weighted by Crippen LogP contribution is 2.28. The topological polar surface area (TPSA) is 79.0 Å². The monoisotopic (exact) mass is 294 g/mol. The summed E-state index contributed by atoms with van der Waals surface area (Å²) in [7, 11) is -0.988. The average molecular weight is 294 g/mol. The zero-order valence-corrected chi connectivity index (χ0v) is 12.7. The van der Waals surface area contributed by atoms with Gasteiger partial charge in [-0.25, -0.2) is 18.4 Å². The molecule has 1 saturated heterocycles. The van der Waals surface area contributed by atoms with Crippen LogP contribution in [0.2, 0.25) is 0 Å². The Balaban J connectivity index is 2.05. The fourth-order valence-electron chi connectivity index (χ4n) is 2.76. The van der Waals surface area contributed by atoms with E-state index in [-0.39, 0.29) is 17.5 Å². The van der Waals surface area contributed by atoms with Crippen molar-refractivity contribution in [1.82, 2.24) is 15.0 Å². The summed E-state index contributed by atoms with van der Waals surface area (Å²) in [6.45, 7) is 3.82. The van der Waals surface area contributed by atoms with Crippen LogP contribution in [-0.4, -0.2) is 48.0 Å². The van der Waals surface area contributed by atoms with Gasteiger partial charge in [-0.05, 0) is 26.3 Å². The minimum Gasteiger partial charge on any atom is -0.355 e. The van der Waals surface area contributed by atoms with E-state index in [0.29, 0.717) is 12.2 Å². The van der Waals surface area contributed by atoms with E-state index in [2.05, 4.69) is 15.0 Å². The van der Waals surface area contributed by atoms with Crippen LogP contribution < -0.4 is 4.90 Å². The van der Waals surface area contributed by atoms with Gasteiger partial charge in [0.1, 0.15) is 17.3 Å². The number of aromatic amines is 1. The molecule has 6 nitrogen and oxygen atoms in total. The maximum Gasteiger partial charge on any atom is 0.152 e. The number of rotatable bonds is 2. The Morgan fingerprint density at radius 1 is 1.35 bits per heavy atom. The lowest BCUT2D eigenvalue weighted by Crippen LogP contribution is -2.33. The maximum absolute atomic E-state index is 11.6. The van der Waals surface area contributed by atoms with E-state index in [9.17, 15) is 8.42 Å². The summed E-state index contributed by atoms with van der Waals surface area (Å²) in [5.74, 6) is 1.96. The number of hydrogen-bond acceptors (Lipinski definition) is 5. The molecule has 0 bridgehead atoms. The average Bonchev–Trinajstić information content (AvgIpc) is 2.89. The van der Waals surface area contributed by atoms with E-state index in [1.165, 1.54) is 0 Å². The van der Waals surface area contributed by atoms with E-state index in [1.807, 2.05) is 31.9 Å². The van der Waals surface area contributed by atoms with Gasteiger partial charge in [0.05, 0.1) is 16.9 Å². The highest BCUT2D eigenvalue weighted by atomic mass is 32.2. The first-order chi connectivity index (χ1) is 9.35. The van der Waals surface area contributed by atoms with Crippen molar-refractivity contribution in [3.8, 4) is 0 Å². The molecular formula is C13H18N4O2S. The van der Waals surface area contributed by atoms with Crippen LogP contribution in [0.4, 0.5) is 5.82 Å². The van der Waals surface area contributed by atoms with Gasteiger partial charge in [-0.15, -0.1) is 0 Å². The first kappa shape index (κ1) is 13.4. The highest BCUT2D eigenvalue weighted by Gasteiger charge is 2.32. The van der Waals surface area contributed by atoms with Gasteiger partial charge in [-0.3, -0.25) is 0 Å². The normalized spacial score (nSPS) is 21.4. The lowest BCUT2D eigenvalue weighted by Gasteiger charge is -2.25. The van der Waals surface area contributed by atoms with Crippen LogP contribution in [-0.2, 0) is 9.84 Å². The Morgan fingerprint density at radius 2 is 2.10 bits per heavy atom. The Bertz CT molecular complexity index is 766. The molecule has 0 aliphatic carbocycles. The molecule has 1 aliphatic rings. The van der Waals surface area contributed by atoms with Crippen molar-refractivity contribution in [2.75, 3.05) is 23.5 Å². The molecule has 1 aliphatic heterocycles. The van der Waals surface area contributed by atoms with Crippen molar-refractivity contribution in [2.24, 2.45) is 0 Å². The number of sulfone groups is 1. The molecule has 20 heavy (non-hydrogen) atoms. The van der Waals surface area contributed by atoms with Crippen LogP contribution in [0.3, 0.4) is 0 Å². The molecule has 0 spiro atoms. The summed E-state index contributed by atoms with van der Waals surface area (Å²) in [6, 6.07) is 2.00.